The van der Waals surface area contributed by atoms with Crippen molar-refractivity contribution in [1.29, 1.82) is 0 Å². The lowest BCUT2D eigenvalue weighted by atomic mass is 10.0. The summed E-state index contributed by atoms with van der Waals surface area (Å²) >= 11 is 12.0. The van der Waals surface area contributed by atoms with Crippen molar-refractivity contribution in [3.8, 4) is 5.75 Å². The molecule has 0 fully saturated rings. The molecule has 0 aliphatic carbocycles. The van der Waals surface area contributed by atoms with E-state index in [0.717, 1.165) is 16.9 Å². The first-order valence-corrected chi connectivity index (χ1v) is 9.00. The number of amides is 1. The Bertz CT molecular complexity index is 967. The fourth-order valence-electron chi connectivity index (χ4n) is 2.54. The zero-order chi connectivity index (χ0) is 19.2. The smallest absolute Gasteiger partial charge is 0.256 e. The minimum absolute atomic E-state index is 0.240. The van der Waals surface area contributed by atoms with Crippen molar-refractivity contribution < 1.29 is 9.53 Å². The molecular weight excluding hydrogens is 381 g/mol. The average Bonchev–Trinajstić information content (AvgIpc) is 2.70. The Morgan fingerprint density at radius 2 is 1.63 bits per heavy atom. The summed E-state index contributed by atoms with van der Waals surface area (Å²) < 4.78 is 5.18. The Hall–Kier alpha value is -2.75. The summed E-state index contributed by atoms with van der Waals surface area (Å²) in [6.07, 6.45) is 1.83. The molecule has 1 N–H and O–H groups in total. The molecule has 3 aromatic rings. The number of ether oxygens (including phenoxy) is 1. The van der Waals surface area contributed by atoms with Crippen LogP contribution in [-0.4, -0.2) is 13.0 Å². The molecule has 5 heteroatoms. The quantitative estimate of drug-likeness (QED) is 0.412. The number of carbonyl (C=O) groups excluding carboxylic acids is 1. The lowest BCUT2D eigenvalue weighted by molar-refractivity contribution is -0.111. The van der Waals surface area contributed by atoms with Gasteiger partial charge in [-0.1, -0.05) is 65.7 Å². The molecule has 0 atom stereocenters. The van der Waals surface area contributed by atoms with Gasteiger partial charge in [0.2, 0.25) is 0 Å². The SMILES string of the molecule is COc1ccc(/C=C(/C(=O)Nc2ccc(Cl)c(Cl)c2)c2ccccc2)cc1. The topological polar surface area (TPSA) is 38.3 Å². The highest BCUT2D eigenvalue weighted by molar-refractivity contribution is 6.42. The Labute approximate surface area is 168 Å². The predicted octanol–water partition coefficient (Wildman–Crippen LogP) is 6.18. The lowest BCUT2D eigenvalue weighted by Gasteiger charge is -2.11. The molecule has 3 nitrogen and oxygen atoms in total. The van der Waals surface area contributed by atoms with Gasteiger partial charge in [0.15, 0.2) is 0 Å². The van der Waals surface area contributed by atoms with Gasteiger partial charge in [-0.2, -0.15) is 0 Å². The second-order valence-corrected chi connectivity index (χ2v) is 6.59. The van der Waals surface area contributed by atoms with Gasteiger partial charge in [-0.25, -0.2) is 0 Å². The number of benzene rings is 3. The minimum Gasteiger partial charge on any atom is -0.497 e. The lowest BCUT2D eigenvalue weighted by Crippen LogP contribution is -2.13. The van der Waals surface area contributed by atoms with E-state index < -0.39 is 0 Å². The van der Waals surface area contributed by atoms with E-state index in [-0.39, 0.29) is 5.91 Å². The van der Waals surface area contributed by atoms with Gasteiger partial charge in [-0.3, -0.25) is 4.79 Å². The van der Waals surface area contributed by atoms with Gasteiger partial charge in [0, 0.05) is 11.3 Å². The molecule has 0 aromatic heterocycles. The van der Waals surface area contributed by atoms with Gasteiger partial charge in [0.05, 0.1) is 17.2 Å². The van der Waals surface area contributed by atoms with E-state index in [0.29, 0.717) is 21.3 Å². The minimum atomic E-state index is -0.240. The molecule has 0 unspecified atom stereocenters. The maximum Gasteiger partial charge on any atom is 0.256 e. The van der Waals surface area contributed by atoms with E-state index >= 15 is 0 Å². The van der Waals surface area contributed by atoms with Crippen LogP contribution in [0.5, 0.6) is 5.75 Å². The molecule has 27 heavy (non-hydrogen) atoms. The molecule has 1 amide bonds. The van der Waals surface area contributed by atoms with E-state index in [1.807, 2.05) is 60.7 Å². The van der Waals surface area contributed by atoms with Gasteiger partial charge in [0.25, 0.3) is 5.91 Å². The highest BCUT2D eigenvalue weighted by atomic mass is 35.5. The Morgan fingerprint density at radius 1 is 0.926 bits per heavy atom. The van der Waals surface area contributed by atoms with Crippen molar-refractivity contribution in [1.82, 2.24) is 0 Å². The summed E-state index contributed by atoms with van der Waals surface area (Å²) in [6.45, 7) is 0. The molecule has 0 radical (unpaired) electrons. The summed E-state index contributed by atoms with van der Waals surface area (Å²) in [4.78, 5) is 13.0. The third-order valence-electron chi connectivity index (χ3n) is 3.93. The molecule has 0 saturated heterocycles. The first kappa shape index (κ1) is 19.0. The van der Waals surface area contributed by atoms with Crippen molar-refractivity contribution in [2.45, 2.75) is 0 Å². The summed E-state index contributed by atoms with van der Waals surface area (Å²) in [5, 5.41) is 3.70. The highest BCUT2D eigenvalue weighted by Crippen LogP contribution is 2.27. The van der Waals surface area contributed by atoms with E-state index in [4.69, 9.17) is 27.9 Å². The Morgan fingerprint density at radius 3 is 2.26 bits per heavy atom. The van der Waals surface area contributed by atoms with Gasteiger partial charge in [0.1, 0.15) is 5.75 Å². The Balaban J connectivity index is 1.94. The van der Waals surface area contributed by atoms with Gasteiger partial charge in [-0.05, 0) is 47.5 Å². The zero-order valence-corrected chi connectivity index (χ0v) is 16.1. The number of methoxy groups -OCH3 is 1. The van der Waals surface area contributed by atoms with Crippen molar-refractivity contribution in [3.63, 3.8) is 0 Å². The monoisotopic (exact) mass is 397 g/mol. The molecule has 0 heterocycles. The van der Waals surface area contributed by atoms with Gasteiger partial charge in [-0.15, -0.1) is 0 Å². The molecule has 136 valence electrons. The molecule has 0 saturated carbocycles. The first-order valence-electron chi connectivity index (χ1n) is 8.24. The second-order valence-electron chi connectivity index (χ2n) is 5.78. The number of hydrogen-bond acceptors (Lipinski definition) is 2. The largest absolute Gasteiger partial charge is 0.497 e. The first-order chi connectivity index (χ1) is 13.1. The summed E-state index contributed by atoms with van der Waals surface area (Å²) in [6, 6.07) is 22.0. The standard InChI is InChI=1S/C22H17Cl2NO2/c1-27-18-10-7-15(8-11-18)13-19(16-5-3-2-4-6-16)22(26)25-17-9-12-20(23)21(24)14-17/h2-14H,1H3,(H,25,26)/b19-13+. The molecule has 3 aromatic carbocycles. The number of anilines is 1. The van der Waals surface area contributed by atoms with Crippen LogP contribution in [0.2, 0.25) is 10.0 Å². The highest BCUT2D eigenvalue weighted by Gasteiger charge is 2.13. The van der Waals surface area contributed by atoms with Crippen LogP contribution in [0.15, 0.2) is 72.8 Å². The maximum atomic E-state index is 13.0. The van der Waals surface area contributed by atoms with Crippen molar-refractivity contribution >= 4 is 46.4 Å². The third-order valence-corrected chi connectivity index (χ3v) is 4.67. The molecule has 3 rings (SSSR count). The number of halogens is 2. The fraction of sp³-hybridized carbons (Fsp3) is 0.0455. The summed E-state index contributed by atoms with van der Waals surface area (Å²) in [7, 11) is 1.62. The Kier molecular flexibility index (Phi) is 6.17. The van der Waals surface area contributed by atoms with Crippen LogP contribution in [0.1, 0.15) is 11.1 Å². The summed E-state index contributed by atoms with van der Waals surface area (Å²) in [5.74, 6) is 0.518. The van der Waals surface area contributed by atoms with E-state index in [2.05, 4.69) is 5.32 Å². The van der Waals surface area contributed by atoms with Crippen LogP contribution >= 0.6 is 23.2 Å². The van der Waals surface area contributed by atoms with E-state index in [1.54, 1.807) is 25.3 Å². The molecule has 0 bridgehead atoms. The number of hydrogen-bond donors (Lipinski definition) is 1. The van der Waals surface area contributed by atoms with E-state index in [9.17, 15) is 4.79 Å². The van der Waals surface area contributed by atoms with Crippen molar-refractivity contribution in [2.24, 2.45) is 0 Å². The van der Waals surface area contributed by atoms with E-state index in [1.165, 1.54) is 0 Å². The van der Waals surface area contributed by atoms with Crippen LogP contribution in [0, 0.1) is 0 Å². The van der Waals surface area contributed by atoms with Crippen LogP contribution < -0.4 is 10.1 Å². The van der Waals surface area contributed by atoms with Crippen molar-refractivity contribution in [3.05, 3.63) is 94.0 Å². The number of rotatable bonds is 5. The normalized spacial score (nSPS) is 11.1. The van der Waals surface area contributed by atoms with Crippen LogP contribution in [0.3, 0.4) is 0 Å². The third kappa shape index (κ3) is 4.91. The average molecular weight is 398 g/mol. The van der Waals surface area contributed by atoms with Gasteiger partial charge < -0.3 is 10.1 Å². The number of carbonyl (C=O) groups is 1. The van der Waals surface area contributed by atoms with Gasteiger partial charge >= 0.3 is 0 Å². The van der Waals surface area contributed by atoms with Crippen LogP contribution in [0.25, 0.3) is 11.6 Å². The fourth-order valence-corrected chi connectivity index (χ4v) is 2.83. The molecule has 0 aliphatic rings. The maximum absolute atomic E-state index is 13.0. The molecule has 0 spiro atoms. The van der Waals surface area contributed by atoms with Crippen molar-refractivity contribution in [2.75, 3.05) is 12.4 Å². The van der Waals surface area contributed by atoms with Crippen LogP contribution in [-0.2, 0) is 4.79 Å². The van der Waals surface area contributed by atoms with Crippen LogP contribution in [0.4, 0.5) is 5.69 Å². The zero-order valence-electron chi connectivity index (χ0n) is 14.6. The number of nitrogens with one attached hydrogen (secondary N) is 1. The molecular formula is C22H17Cl2NO2. The summed E-state index contributed by atoms with van der Waals surface area (Å²) in [5.41, 5.74) is 2.81. The molecule has 0 aliphatic heterocycles. The second kappa shape index (κ2) is 8.76. The predicted molar refractivity (Wildman–Crippen MR) is 112 cm³/mol.